The Kier molecular flexibility index (Phi) is 7.00. The van der Waals surface area contributed by atoms with Crippen molar-refractivity contribution in [3.8, 4) is 17.2 Å². The Morgan fingerprint density at radius 2 is 1.63 bits per heavy atom. The highest BCUT2D eigenvalue weighted by atomic mass is 16.5. The first-order valence-corrected chi connectivity index (χ1v) is 9.99. The van der Waals surface area contributed by atoms with Crippen molar-refractivity contribution in [1.82, 2.24) is 9.80 Å². The summed E-state index contributed by atoms with van der Waals surface area (Å²) in [6, 6.07) is 13.4. The SMILES string of the molecule is COc1cc(OC)c(C2=CCN([C@@H](C(=O)N(C)C)c3ccccc3)CC2)c(OC)c1. The zero-order chi connectivity index (χ0) is 21.7. The van der Waals surface area contributed by atoms with E-state index in [2.05, 4.69) is 11.0 Å². The van der Waals surface area contributed by atoms with Gasteiger partial charge in [-0.05, 0) is 17.6 Å². The third-order valence-corrected chi connectivity index (χ3v) is 5.43. The van der Waals surface area contributed by atoms with Crippen LogP contribution < -0.4 is 14.2 Å². The summed E-state index contributed by atoms with van der Waals surface area (Å²) in [4.78, 5) is 16.8. The van der Waals surface area contributed by atoms with Crippen LogP contribution in [0.4, 0.5) is 0 Å². The van der Waals surface area contributed by atoms with Crippen LogP contribution in [0, 0.1) is 0 Å². The summed E-state index contributed by atoms with van der Waals surface area (Å²) in [7, 11) is 8.52. The largest absolute Gasteiger partial charge is 0.496 e. The Hall–Kier alpha value is -2.99. The molecule has 0 spiro atoms. The van der Waals surface area contributed by atoms with Crippen LogP contribution in [0.2, 0.25) is 0 Å². The molecule has 0 aromatic heterocycles. The number of ether oxygens (including phenoxy) is 3. The Labute approximate surface area is 178 Å². The standard InChI is InChI=1S/C24H30N2O4/c1-25(2)24(27)23(18-9-7-6-8-10-18)26-13-11-17(12-14-26)22-20(29-4)15-19(28-3)16-21(22)30-5/h6-11,15-16,23H,12-14H2,1-5H3/t23-/m1/s1. The first-order chi connectivity index (χ1) is 14.5. The second-order valence-electron chi connectivity index (χ2n) is 7.43. The quantitative estimate of drug-likeness (QED) is 0.698. The smallest absolute Gasteiger partial charge is 0.244 e. The van der Waals surface area contributed by atoms with Gasteiger partial charge in [0, 0.05) is 39.3 Å². The molecule has 1 atom stereocenters. The molecule has 0 unspecified atom stereocenters. The molecule has 0 radical (unpaired) electrons. The van der Waals surface area contributed by atoms with Crippen molar-refractivity contribution in [3.05, 3.63) is 59.7 Å². The van der Waals surface area contributed by atoms with Crippen LogP contribution in [0.5, 0.6) is 17.2 Å². The summed E-state index contributed by atoms with van der Waals surface area (Å²) in [6.45, 7) is 1.41. The van der Waals surface area contributed by atoms with Gasteiger partial charge in [0.05, 0.1) is 26.9 Å². The maximum Gasteiger partial charge on any atom is 0.244 e. The van der Waals surface area contributed by atoms with Crippen molar-refractivity contribution >= 4 is 11.5 Å². The summed E-state index contributed by atoms with van der Waals surface area (Å²) in [5.74, 6) is 2.20. The van der Waals surface area contributed by atoms with E-state index in [1.165, 1.54) is 0 Å². The molecule has 0 saturated carbocycles. The van der Waals surface area contributed by atoms with E-state index in [0.29, 0.717) is 12.3 Å². The van der Waals surface area contributed by atoms with Gasteiger partial charge in [0.1, 0.15) is 23.3 Å². The molecule has 30 heavy (non-hydrogen) atoms. The fourth-order valence-electron chi connectivity index (χ4n) is 3.86. The van der Waals surface area contributed by atoms with Gasteiger partial charge in [-0.1, -0.05) is 36.4 Å². The first-order valence-electron chi connectivity index (χ1n) is 9.99. The lowest BCUT2D eigenvalue weighted by molar-refractivity contribution is -0.134. The molecule has 1 aliphatic rings. The number of nitrogens with zero attached hydrogens (tertiary/aromatic N) is 2. The summed E-state index contributed by atoms with van der Waals surface area (Å²) < 4.78 is 16.6. The second-order valence-corrected chi connectivity index (χ2v) is 7.43. The van der Waals surface area contributed by atoms with Gasteiger partial charge in [0.25, 0.3) is 0 Å². The van der Waals surface area contributed by atoms with E-state index in [9.17, 15) is 4.79 Å². The maximum atomic E-state index is 13.0. The highest BCUT2D eigenvalue weighted by Gasteiger charge is 2.31. The van der Waals surface area contributed by atoms with Gasteiger partial charge in [-0.15, -0.1) is 0 Å². The van der Waals surface area contributed by atoms with Crippen LogP contribution in [-0.4, -0.2) is 64.2 Å². The second kappa shape index (κ2) is 9.67. The summed E-state index contributed by atoms with van der Waals surface area (Å²) in [6.07, 6.45) is 2.94. The predicted octanol–water partition coefficient (Wildman–Crippen LogP) is 3.63. The lowest BCUT2D eigenvalue weighted by Gasteiger charge is -2.35. The number of likely N-dealkylation sites (N-methyl/N-ethyl adjacent to an activating group) is 1. The number of rotatable bonds is 7. The molecular formula is C24H30N2O4. The molecule has 2 aromatic carbocycles. The third kappa shape index (κ3) is 4.44. The molecule has 0 aliphatic carbocycles. The highest BCUT2D eigenvalue weighted by Crippen LogP contribution is 2.41. The lowest BCUT2D eigenvalue weighted by atomic mass is 9.95. The van der Waals surface area contributed by atoms with Gasteiger partial charge in [0.2, 0.25) is 5.91 Å². The average Bonchev–Trinajstić information content (AvgIpc) is 2.79. The normalized spacial score (nSPS) is 15.2. The number of benzene rings is 2. The number of methoxy groups -OCH3 is 3. The minimum absolute atomic E-state index is 0.0812. The summed E-state index contributed by atoms with van der Waals surface area (Å²) in [5, 5.41) is 0. The van der Waals surface area contributed by atoms with Crippen LogP contribution in [0.1, 0.15) is 23.6 Å². The van der Waals surface area contributed by atoms with Gasteiger partial charge in [-0.3, -0.25) is 9.69 Å². The Balaban J connectivity index is 1.93. The van der Waals surface area contributed by atoms with Crippen LogP contribution in [-0.2, 0) is 4.79 Å². The van der Waals surface area contributed by atoms with E-state index in [4.69, 9.17) is 14.2 Å². The highest BCUT2D eigenvalue weighted by molar-refractivity contribution is 5.83. The van der Waals surface area contributed by atoms with Crippen molar-refractivity contribution in [3.63, 3.8) is 0 Å². The Bertz CT molecular complexity index is 884. The molecule has 1 aliphatic heterocycles. The fourth-order valence-corrected chi connectivity index (χ4v) is 3.86. The van der Waals surface area contributed by atoms with Gasteiger partial charge in [-0.25, -0.2) is 0 Å². The Morgan fingerprint density at radius 3 is 2.10 bits per heavy atom. The number of amides is 1. The molecule has 0 N–H and O–H groups in total. The molecule has 1 heterocycles. The topological polar surface area (TPSA) is 51.2 Å². The van der Waals surface area contributed by atoms with Gasteiger partial charge < -0.3 is 19.1 Å². The average molecular weight is 411 g/mol. The van der Waals surface area contributed by atoms with E-state index in [1.54, 1.807) is 40.3 Å². The van der Waals surface area contributed by atoms with Crippen molar-refractivity contribution < 1.29 is 19.0 Å². The monoisotopic (exact) mass is 410 g/mol. The number of hydrogen-bond donors (Lipinski definition) is 0. The van der Waals surface area contributed by atoms with Crippen LogP contribution in [0.15, 0.2) is 48.5 Å². The van der Waals surface area contributed by atoms with E-state index < -0.39 is 0 Å². The predicted molar refractivity (Wildman–Crippen MR) is 118 cm³/mol. The van der Waals surface area contributed by atoms with Gasteiger partial charge in [-0.2, -0.15) is 0 Å². The zero-order valence-electron chi connectivity index (χ0n) is 18.3. The van der Waals surface area contributed by atoms with E-state index in [0.717, 1.165) is 41.2 Å². The molecule has 160 valence electrons. The van der Waals surface area contributed by atoms with E-state index in [-0.39, 0.29) is 11.9 Å². The fraction of sp³-hybridized carbons (Fsp3) is 0.375. The molecule has 6 nitrogen and oxygen atoms in total. The molecule has 1 amide bonds. The van der Waals surface area contributed by atoms with Crippen LogP contribution >= 0.6 is 0 Å². The van der Waals surface area contributed by atoms with Crippen molar-refractivity contribution in [2.45, 2.75) is 12.5 Å². The van der Waals surface area contributed by atoms with Gasteiger partial charge in [0.15, 0.2) is 0 Å². The number of carbonyl (C=O) groups excluding carboxylic acids is 1. The van der Waals surface area contributed by atoms with Crippen molar-refractivity contribution in [2.75, 3.05) is 48.5 Å². The number of hydrogen-bond acceptors (Lipinski definition) is 5. The molecule has 3 rings (SSSR count). The van der Waals surface area contributed by atoms with Crippen molar-refractivity contribution in [1.29, 1.82) is 0 Å². The lowest BCUT2D eigenvalue weighted by Crippen LogP contribution is -2.42. The zero-order valence-corrected chi connectivity index (χ0v) is 18.3. The molecule has 0 fully saturated rings. The van der Waals surface area contributed by atoms with Crippen molar-refractivity contribution in [2.24, 2.45) is 0 Å². The summed E-state index contributed by atoms with van der Waals surface area (Å²) in [5.41, 5.74) is 3.09. The molecule has 0 saturated heterocycles. The minimum atomic E-state index is -0.307. The summed E-state index contributed by atoms with van der Waals surface area (Å²) >= 11 is 0. The Morgan fingerprint density at radius 1 is 1.00 bits per heavy atom. The molecular weight excluding hydrogens is 380 g/mol. The van der Waals surface area contributed by atoms with Gasteiger partial charge >= 0.3 is 0 Å². The molecule has 0 bridgehead atoms. The van der Waals surface area contributed by atoms with Crippen LogP contribution in [0.25, 0.3) is 5.57 Å². The molecule has 2 aromatic rings. The maximum absolute atomic E-state index is 13.0. The van der Waals surface area contributed by atoms with E-state index >= 15 is 0 Å². The number of carbonyl (C=O) groups is 1. The third-order valence-electron chi connectivity index (χ3n) is 5.43. The first kappa shape index (κ1) is 21.7. The van der Waals surface area contributed by atoms with E-state index in [1.807, 2.05) is 42.5 Å². The minimum Gasteiger partial charge on any atom is -0.496 e. The van der Waals surface area contributed by atoms with Crippen LogP contribution in [0.3, 0.4) is 0 Å². The molecule has 6 heteroatoms.